The standard InChI is InChI=1S/C15H26N2O3S/c1-12(2)17-10-14(9-13(17)11-18)21(19,20)16-7-5-15(3,4)6-8-16/h9-10,12,18H,5-8,11H2,1-4H3. The molecule has 21 heavy (non-hydrogen) atoms. The second kappa shape index (κ2) is 5.74. The molecule has 0 bridgehead atoms. The molecule has 1 aliphatic rings. The molecule has 0 amide bonds. The van der Waals surface area contributed by atoms with Gasteiger partial charge in [0.25, 0.3) is 0 Å². The monoisotopic (exact) mass is 314 g/mol. The first-order valence-corrected chi connectivity index (χ1v) is 8.93. The highest BCUT2D eigenvalue weighted by molar-refractivity contribution is 7.89. The molecule has 0 aliphatic carbocycles. The van der Waals surface area contributed by atoms with Crippen LogP contribution in [0.3, 0.4) is 0 Å². The van der Waals surface area contributed by atoms with Crippen LogP contribution in [0.4, 0.5) is 0 Å². The third kappa shape index (κ3) is 3.33. The normalized spacial score (nSPS) is 20.1. The van der Waals surface area contributed by atoms with Crippen LogP contribution in [0, 0.1) is 5.41 Å². The number of aromatic nitrogens is 1. The maximum absolute atomic E-state index is 12.7. The van der Waals surface area contributed by atoms with E-state index in [4.69, 9.17) is 0 Å². The van der Waals surface area contributed by atoms with Crippen molar-refractivity contribution in [3.05, 3.63) is 18.0 Å². The van der Waals surface area contributed by atoms with Crippen molar-refractivity contribution in [2.45, 2.75) is 58.1 Å². The zero-order chi connectivity index (χ0) is 15.8. The number of piperidine rings is 1. The Hall–Kier alpha value is -0.850. The average Bonchev–Trinajstić information content (AvgIpc) is 2.83. The minimum absolute atomic E-state index is 0.122. The van der Waals surface area contributed by atoms with Crippen LogP contribution in [0.1, 0.15) is 52.3 Å². The Morgan fingerprint density at radius 3 is 2.29 bits per heavy atom. The van der Waals surface area contributed by atoms with Crippen molar-refractivity contribution in [2.75, 3.05) is 13.1 Å². The maximum atomic E-state index is 12.7. The van der Waals surface area contributed by atoms with E-state index in [1.807, 2.05) is 18.4 Å². The molecule has 1 aromatic rings. The van der Waals surface area contributed by atoms with E-state index in [9.17, 15) is 13.5 Å². The molecule has 6 heteroatoms. The molecular formula is C15H26N2O3S. The predicted octanol–water partition coefficient (Wildman–Crippen LogP) is 2.37. The van der Waals surface area contributed by atoms with Crippen LogP contribution < -0.4 is 0 Å². The smallest absolute Gasteiger partial charge is 0.244 e. The first-order chi connectivity index (χ1) is 9.67. The van der Waals surface area contributed by atoms with Gasteiger partial charge in [0.05, 0.1) is 6.61 Å². The molecule has 0 saturated carbocycles. The molecule has 1 aromatic heterocycles. The highest BCUT2D eigenvalue weighted by Crippen LogP contribution is 2.33. The summed E-state index contributed by atoms with van der Waals surface area (Å²) in [6.45, 7) is 9.28. The van der Waals surface area contributed by atoms with Crippen molar-refractivity contribution in [1.29, 1.82) is 0 Å². The lowest BCUT2D eigenvalue weighted by molar-refractivity contribution is 0.196. The number of nitrogens with zero attached hydrogens (tertiary/aromatic N) is 2. The summed E-state index contributed by atoms with van der Waals surface area (Å²) in [4.78, 5) is 0.292. The van der Waals surface area contributed by atoms with Gasteiger partial charge in [-0.25, -0.2) is 8.42 Å². The Bertz CT molecular complexity index is 592. The quantitative estimate of drug-likeness (QED) is 0.928. The summed E-state index contributed by atoms with van der Waals surface area (Å²) in [5.74, 6) is 0. The van der Waals surface area contributed by atoms with E-state index in [1.165, 1.54) is 0 Å². The van der Waals surface area contributed by atoms with Crippen molar-refractivity contribution < 1.29 is 13.5 Å². The summed E-state index contributed by atoms with van der Waals surface area (Å²) < 4.78 is 28.9. The SMILES string of the molecule is CC(C)n1cc(S(=O)(=O)N2CCC(C)(C)CC2)cc1CO. The van der Waals surface area contributed by atoms with E-state index in [1.54, 1.807) is 16.6 Å². The molecule has 2 rings (SSSR count). The molecule has 120 valence electrons. The summed E-state index contributed by atoms with van der Waals surface area (Å²) in [6, 6.07) is 1.71. The van der Waals surface area contributed by atoms with E-state index in [0.717, 1.165) is 12.8 Å². The fourth-order valence-electron chi connectivity index (χ4n) is 2.73. The van der Waals surface area contributed by atoms with Gasteiger partial charge in [0.2, 0.25) is 10.0 Å². The van der Waals surface area contributed by atoms with Crippen LogP contribution in [0.15, 0.2) is 17.2 Å². The summed E-state index contributed by atoms with van der Waals surface area (Å²) in [5.41, 5.74) is 0.854. The number of aliphatic hydroxyl groups is 1. The zero-order valence-electron chi connectivity index (χ0n) is 13.3. The summed E-state index contributed by atoms with van der Waals surface area (Å²) in [5, 5.41) is 9.40. The van der Waals surface area contributed by atoms with Crippen LogP contribution in [0.25, 0.3) is 0 Å². The lowest BCUT2D eigenvalue weighted by Gasteiger charge is -2.35. The van der Waals surface area contributed by atoms with E-state index < -0.39 is 10.0 Å². The van der Waals surface area contributed by atoms with Crippen molar-refractivity contribution in [2.24, 2.45) is 5.41 Å². The van der Waals surface area contributed by atoms with Gasteiger partial charge in [-0.3, -0.25) is 0 Å². The van der Waals surface area contributed by atoms with Crippen LogP contribution in [0.2, 0.25) is 0 Å². The van der Waals surface area contributed by atoms with Gasteiger partial charge in [0, 0.05) is 31.0 Å². The van der Waals surface area contributed by atoms with Crippen LogP contribution in [-0.4, -0.2) is 35.5 Å². The molecule has 1 saturated heterocycles. The summed E-state index contributed by atoms with van der Waals surface area (Å²) in [7, 11) is -3.46. The fraction of sp³-hybridized carbons (Fsp3) is 0.733. The average molecular weight is 314 g/mol. The molecule has 5 nitrogen and oxygen atoms in total. The third-order valence-corrected chi connectivity index (χ3v) is 6.20. The minimum Gasteiger partial charge on any atom is -0.390 e. The van der Waals surface area contributed by atoms with Crippen molar-refractivity contribution in [3.8, 4) is 0 Å². The van der Waals surface area contributed by atoms with Crippen LogP contribution in [0.5, 0.6) is 0 Å². The van der Waals surface area contributed by atoms with E-state index in [-0.39, 0.29) is 18.1 Å². The van der Waals surface area contributed by atoms with Gasteiger partial charge >= 0.3 is 0 Å². The van der Waals surface area contributed by atoms with Gasteiger partial charge in [0.1, 0.15) is 4.90 Å². The van der Waals surface area contributed by atoms with Gasteiger partial charge in [-0.15, -0.1) is 0 Å². The van der Waals surface area contributed by atoms with Gasteiger partial charge < -0.3 is 9.67 Å². The molecule has 0 radical (unpaired) electrons. The summed E-state index contributed by atoms with van der Waals surface area (Å²) in [6.07, 6.45) is 3.40. The highest BCUT2D eigenvalue weighted by Gasteiger charge is 2.33. The molecule has 0 unspecified atom stereocenters. The first-order valence-electron chi connectivity index (χ1n) is 7.49. The number of hydrogen-bond donors (Lipinski definition) is 1. The topological polar surface area (TPSA) is 62.5 Å². The second-order valence-corrected chi connectivity index (χ2v) is 8.83. The van der Waals surface area contributed by atoms with Crippen LogP contribution >= 0.6 is 0 Å². The van der Waals surface area contributed by atoms with Gasteiger partial charge in [-0.1, -0.05) is 13.8 Å². The van der Waals surface area contributed by atoms with Gasteiger partial charge in [0.15, 0.2) is 0 Å². The number of hydrogen-bond acceptors (Lipinski definition) is 3. The molecule has 0 spiro atoms. The Labute approximate surface area is 127 Å². The molecule has 0 atom stereocenters. The summed E-state index contributed by atoms with van der Waals surface area (Å²) >= 11 is 0. The van der Waals surface area contributed by atoms with Gasteiger partial charge in [-0.2, -0.15) is 4.31 Å². The lowest BCUT2D eigenvalue weighted by Crippen LogP contribution is -2.40. The first kappa shape index (κ1) is 16.5. The largest absolute Gasteiger partial charge is 0.390 e. The Morgan fingerprint density at radius 1 is 1.29 bits per heavy atom. The Balaban J connectivity index is 2.28. The number of sulfonamides is 1. The number of aliphatic hydroxyl groups excluding tert-OH is 1. The van der Waals surface area contributed by atoms with E-state index in [0.29, 0.717) is 23.7 Å². The molecule has 1 N–H and O–H groups in total. The molecule has 2 heterocycles. The maximum Gasteiger partial charge on any atom is 0.244 e. The van der Waals surface area contributed by atoms with Crippen LogP contribution in [-0.2, 0) is 16.6 Å². The van der Waals surface area contributed by atoms with Crippen molar-refractivity contribution in [1.82, 2.24) is 8.87 Å². The van der Waals surface area contributed by atoms with Crippen molar-refractivity contribution >= 4 is 10.0 Å². The molecule has 1 fully saturated rings. The molecule has 1 aliphatic heterocycles. The minimum atomic E-state index is -3.46. The fourth-order valence-corrected chi connectivity index (χ4v) is 4.22. The van der Waals surface area contributed by atoms with Crippen molar-refractivity contribution in [3.63, 3.8) is 0 Å². The number of rotatable bonds is 4. The zero-order valence-corrected chi connectivity index (χ0v) is 14.2. The predicted molar refractivity (Wildman–Crippen MR) is 82.5 cm³/mol. The van der Waals surface area contributed by atoms with E-state index in [2.05, 4.69) is 13.8 Å². The highest BCUT2D eigenvalue weighted by atomic mass is 32.2. The van der Waals surface area contributed by atoms with Gasteiger partial charge in [-0.05, 0) is 38.2 Å². The van der Waals surface area contributed by atoms with E-state index >= 15 is 0 Å². The molecule has 0 aromatic carbocycles. The second-order valence-electron chi connectivity index (χ2n) is 6.89. The lowest BCUT2D eigenvalue weighted by atomic mass is 9.83. The Morgan fingerprint density at radius 2 is 1.86 bits per heavy atom. The molecular weight excluding hydrogens is 288 g/mol. The third-order valence-electron chi connectivity index (χ3n) is 4.34. The Kier molecular flexibility index (Phi) is 4.52.